The molecule has 0 saturated carbocycles. The smallest absolute Gasteiger partial charge is 0.301 e. The third kappa shape index (κ3) is 4.85. The largest absolute Gasteiger partial charge is 0.341 e. The Hall–Kier alpha value is -2.47. The Labute approximate surface area is 124 Å². The lowest BCUT2D eigenvalue weighted by atomic mass is 10.2. The van der Waals surface area contributed by atoms with E-state index >= 15 is 0 Å². The van der Waals surface area contributed by atoms with Crippen molar-refractivity contribution in [3.63, 3.8) is 0 Å². The first kappa shape index (κ1) is 16.6. The fraction of sp³-hybridized carbons (Fsp3) is 0.267. The lowest BCUT2D eigenvalue weighted by molar-refractivity contribution is -0.126. The Morgan fingerprint density at radius 2 is 1.90 bits per heavy atom. The molecule has 0 aromatic heterocycles. The van der Waals surface area contributed by atoms with Gasteiger partial charge in [0.25, 0.3) is 5.91 Å². The van der Waals surface area contributed by atoms with Crippen LogP contribution in [-0.4, -0.2) is 48.3 Å². The van der Waals surface area contributed by atoms with E-state index in [9.17, 15) is 14.4 Å². The number of imide groups is 1. The molecular weight excluding hydrogens is 270 g/mol. The first-order valence-electron chi connectivity index (χ1n) is 6.61. The van der Waals surface area contributed by atoms with Crippen LogP contribution in [0.2, 0.25) is 0 Å². The van der Waals surface area contributed by atoms with Crippen LogP contribution < -0.4 is 5.43 Å². The summed E-state index contributed by atoms with van der Waals surface area (Å²) in [6, 6.07) is 8.67. The van der Waals surface area contributed by atoms with Gasteiger partial charge in [-0.25, -0.2) is 10.2 Å². The molecule has 1 aromatic carbocycles. The van der Waals surface area contributed by atoms with Gasteiger partial charge in [0.1, 0.15) is 6.29 Å². The molecule has 0 spiro atoms. The van der Waals surface area contributed by atoms with Gasteiger partial charge in [0.05, 0.1) is 6.54 Å². The van der Waals surface area contributed by atoms with E-state index in [4.69, 9.17) is 0 Å². The van der Waals surface area contributed by atoms with Gasteiger partial charge in [0.15, 0.2) is 0 Å². The minimum atomic E-state index is -0.560. The highest BCUT2D eigenvalue weighted by Crippen LogP contribution is 2.03. The molecule has 0 aliphatic heterocycles. The van der Waals surface area contributed by atoms with E-state index in [1.54, 1.807) is 20.0 Å². The maximum absolute atomic E-state index is 12.1. The number of nitrogens with one attached hydrogen (secondary N) is 1. The van der Waals surface area contributed by atoms with Gasteiger partial charge in [-0.05, 0) is 18.6 Å². The Morgan fingerprint density at radius 1 is 1.24 bits per heavy atom. The highest BCUT2D eigenvalue weighted by molar-refractivity contribution is 6.03. The SMILES string of the molecule is CCN(NC)C(=O)N(CC=O)C(=O)/C=C/c1ccccc1. The molecule has 0 aliphatic carbocycles. The van der Waals surface area contributed by atoms with Crippen molar-refractivity contribution in [1.82, 2.24) is 15.3 Å². The van der Waals surface area contributed by atoms with Gasteiger partial charge >= 0.3 is 6.03 Å². The lowest BCUT2D eigenvalue weighted by Gasteiger charge is -2.25. The van der Waals surface area contributed by atoms with Crippen LogP contribution in [0.5, 0.6) is 0 Å². The first-order valence-corrected chi connectivity index (χ1v) is 6.61. The van der Waals surface area contributed by atoms with E-state index in [-0.39, 0.29) is 6.54 Å². The topological polar surface area (TPSA) is 69.7 Å². The van der Waals surface area contributed by atoms with E-state index in [1.807, 2.05) is 30.3 Å². The van der Waals surface area contributed by atoms with Crippen LogP contribution in [0, 0.1) is 0 Å². The molecule has 1 N–H and O–H groups in total. The maximum Gasteiger partial charge on any atom is 0.341 e. The second-order valence-corrected chi connectivity index (χ2v) is 4.11. The van der Waals surface area contributed by atoms with Crippen molar-refractivity contribution in [1.29, 1.82) is 0 Å². The quantitative estimate of drug-likeness (QED) is 0.487. The third-order valence-electron chi connectivity index (χ3n) is 2.79. The Balaban J connectivity index is 2.85. The summed E-state index contributed by atoms with van der Waals surface area (Å²) >= 11 is 0. The fourth-order valence-corrected chi connectivity index (χ4v) is 1.69. The normalized spacial score (nSPS) is 10.4. The highest BCUT2D eigenvalue weighted by Gasteiger charge is 2.23. The molecule has 6 heteroatoms. The molecule has 0 fully saturated rings. The van der Waals surface area contributed by atoms with Gasteiger partial charge in [0, 0.05) is 19.7 Å². The monoisotopic (exact) mass is 289 g/mol. The minimum absolute atomic E-state index is 0.283. The molecule has 0 atom stereocenters. The van der Waals surface area contributed by atoms with Crippen LogP contribution in [-0.2, 0) is 9.59 Å². The molecule has 0 bridgehead atoms. The number of urea groups is 1. The molecule has 6 nitrogen and oxygen atoms in total. The van der Waals surface area contributed by atoms with Gasteiger partial charge in [-0.15, -0.1) is 0 Å². The number of benzene rings is 1. The second kappa shape index (κ2) is 8.65. The molecule has 0 heterocycles. The van der Waals surface area contributed by atoms with Crippen molar-refractivity contribution < 1.29 is 14.4 Å². The lowest BCUT2D eigenvalue weighted by Crippen LogP contribution is -2.50. The summed E-state index contributed by atoms with van der Waals surface area (Å²) in [6.07, 6.45) is 3.40. The zero-order chi connectivity index (χ0) is 15.7. The fourth-order valence-electron chi connectivity index (χ4n) is 1.69. The number of aldehydes is 1. The van der Waals surface area contributed by atoms with Crippen LogP contribution in [0.4, 0.5) is 4.79 Å². The average Bonchev–Trinajstić information content (AvgIpc) is 2.52. The molecule has 0 radical (unpaired) electrons. The maximum atomic E-state index is 12.1. The third-order valence-corrected chi connectivity index (χ3v) is 2.79. The Kier molecular flexibility index (Phi) is 6.83. The van der Waals surface area contributed by atoms with Gasteiger partial charge in [-0.2, -0.15) is 0 Å². The number of carbonyl (C=O) groups excluding carboxylic acids is 3. The number of hydrogen-bond acceptors (Lipinski definition) is 4. The van der Waals surface area contributed by atoms with E-state index in [1.165, 1.54) is 11.1 Å². The molecular formula is C15H19N3O3. The molecule has 1 rings (SSSR count). The van der Waals surface area contributed by atoms with Crippen molar-refractivity contribution >= 4 is 24.3 Å². The summed E-state index contributed by atoms with van der Waals surface area (Å²) in [5.41, 5.74) is 3.51. The molecule has 0 unspecified atom stereocenters. The van der Waals surface area contributed by atoms with E-state index in [0.29, 0.717) is 12.8 Å². The molecule has 0 saturated heterocycles. The van der Waals surface area contributed by atoms with Gasteiger partial charge in [0.2, 0.25) is 0 Å². The number of carbonyl (C=O) groups is 3. The predicted octanol–water partition coefficient (Wildman–Crippen LogP) is 1.30. The summed E-state index contributed by atoms with van der Waals surface area (Å²) in [5, 5.41) is 1.25. The van der Waals surface area contributed by atoms with Crippen LogP contribution in [0.15, 0.2) is 36.4 Å². The zero-order valence-corrected chi connectivity index (χ0v) is 12.2. The van der Waals surface area contributed by atoms with Crippen LogP contribution >= 0.6 is 0 Å². The van der Waals surface area contributed by atoms with Crippen molar-refractivity contribution in [3.05, 3.63) is 42.0 Å². The van der Waals surface area contributed by atoms with Crippen LogP contribution in [0.1, 0.15) is 12.5 Å². The van der Waals surface area contributed by atoms with E-state index in [2.05, 4.69) is 5.43 Å². The molecule has 0 aliphatic rings. The zero-order valence-electron chi connectivity index (χ0n) is 12.2. The Morgan fingerprint density at radius 3 is 2.43 bits per heavy atom. The summed E-state index contributed by atoms with van der Waals surface area (Å²) in [7, 11) is 1.57. The van der Waals surface area contributed by atoms with Crippen molar-refractivity contribution in [2.75, 3.05) is 20.1 Å². The number of amides is 3. The molecule has 112 valence electrons. The summed E-state index contributed by atoms with van der Waals surface area (Å²) in [4.78, 5) is 35.8. The molecule has 3 amide bonds. The highest BCUT2D eigenvalue weighted by atomic mass is 16.2. The number of hydrogen-bond donors (Lipinski definition) is 1. The van der Waals surface area contributed by atoms with Gasteiger partial charge < -0.3 is 4.79 Å². The number of hydrazine groups is 1. The van der Waals surface area contributed by atoms with Crippen molar-refractivity contribution in [2.45, 2.75) is 6.92 Å². The van der Waals surface area contributed by atoms with Crippen LogP contribution in [0.25, 0.3) is 6.08 Å². The van der Waals surface area contributed by atoms with E-state index in [0.717, 1.165) is 10.5 Å². The average molecular weight is 289 g/mol. The van der Waals surface area contributed by atoms with Crippen molar-refractivity contribution in [3.8, 4) is 0 Å². The molecule has 21 heavy (non-hydrogen) atoms. The first-order chi connectivity index (χ1) is 10.1. The number of rotatable bonds is 6. The summed E-state index contributed by atoms with van der Waals surface area (Å²) in [5.74, 6) is -0.537. The van der Waals surface area contributed by atoms with Gasteiger partial charge in [-0.1, -0.05) is 30.3 Å². The van der Waals surface area contributed by atoms with Crippen LogP contribution in [0.3, 0.4) is 0 Å². The number of nitrogens with zero attached hydrogens (tertiary/aromatic N) is 2. The minimum Gasteiger partial charge on any atom is -0.301 e. The van der Waals surface area contributed by atoms with Gasteiger partial charge in [-0.3, -0.25) is 14.7 Å². The Bertz CT molecular complexity index is 510. The molecule has 1 aromatic rings. The second-order valence-electron chi connectivity index (χ2n) is 4.11. The van der Waals surface area contributed by atoms with Crippen molar-refractivity contribution in [2.24, 2.45) is 0 Å². The summed E-state index contributed by atoms with van der Waals surface area (Å²) in [6.45, 7) is 1.85. The predicted molar refractivity (Wildman–Crippen MR) is 80.1 cm³/mol. The van der Waals surface area contributed by atoms with E-state index < -0.39 is 11.9 Å². The standard InChI is InChI=1S/C15H19N3O3/c1-3-18(16-2)15(21)17(11-12-19)14(20)10-9-13-7-5-4-6-8-13/h4-10,12,16H,3,11H2,1-2H3/b10-9+. The summed E-state index contributed by atoms with van der Waals surface area (Å²) < 4.78 is 0.